The third kappa shape index (κ3) is 3.10. The Hall–Kier alpha value is -1.47. The number of hydrogen-bond acceptors (Lipinski definition) is 3. The van der Waals surface area contributed by atoms with Gasteiger partial charge in [-0.15, -0.1) is 11.3 Å². The number of carboxylic acids is 1. The summed E-state index contributed by atoms with van der Waals surface area (Å²) in [6, 6.07) is 5.95. The lowest BCUT2D eigenvalue weighted by Crippen LogP contribution is -2.07. The van der Waals surface area contributed by atoms with E-state index in [9.17, 15) is 13.6 Å². The van der Waals surface area contributed by atoms with Gasteiger partial charge in [-0.05, 0) is 40.2 Å². The van der Waals surface area contributed by atoms with Crippen molar-refractivity contribution in [2.24, 2.45) is 0 Å². The Kier molecular flexibility index (Phi) is 4.16. The quantitative estimate of drug-likeness (QED) is 0.875. The Labute approximate surface area is 120 Å². The highest BCUT2D eigenvalue weighted by Gasteiger charge is 2.17. The Bertz CT molecular complexity index is 630. The first-order valence-electron chi connectivity index (χ1n) is 5.18. The minimum absolute atomic E-state index is 0.0629. The Balaban J connectivity index is 2.17. The minimum Gasteiger partial charge on any atom is -0.478 e. The fourth-order valence-corrected chi connectivity index (χ4v) is 2.90. The van der Waals surface area contributed by atoms with Crippen LogP contribution in [0.25, 0.3) is 0 Å². The van der Waals surface area contributed by atoms with Crippen molar-refractivity contribution < 1.29 is 18.7 Å². The van der Waals surface area contributed by atoms with Crippen LogP contribution in [0.4, 0.5) is 14.5 Å². The molecule has 0 aliphatic carbocycles. The summed E-state index contributed by atoms with van der Waals surface area (Å²) in [6.45, 7) is 0.332. The monoisotopic (exact) mass is 347 g/mol. The summed E-state index contributed by atoms with van der Waals surface area (Å²) in [5, 5.41) is 11.4. The maximum atomic E-state index is 13.6. The first-order chi connectivity index (χ1) is 8.99. The number of carbonyl (C=O) groups is 1. The number of anilines is 1. The number of hydrogen-bond donors (Lipinski definition) is 2. The standard InChI is InChI=1S/C12H8BrF2NO2S/c13-9-4-1-6(19-9)5-16-8-3-2-7(12(17)18)10(14)11(8)15/h1-4,16H,5H2,(H,17,18). The predicted molar refractivity (Wildman–Crippen MR) is 72.7 cm³/mol. The molecule has 1 aromatic carbocycles. The molecule has 100 valence electrons. The first-order valence-corrected chi connectivity index (χ1v) is 6.79. The molecule has 0 aliphatic heterocycles. The molecule has 0 bridgehead atoms. The highest BCUT2D eigenvalue weighted by Crippen LogP contribution is 2.25. The molecular weight excluding hydrogens is 340 g/mol. The van der Waals surface area contributed by atoms with Crippen LogP contribution in [0.1, 0.15) is 15.2 Å². The van der Waals surface area contributed by atoms with Gasteiger partial charge in [0, 0.05) is 11.4 Å². The van der Waals surface area contributed by atoms with E-state index < -0.39 is 23.2 Å². The van der Waals surface area contributed by atoms with Gasteiger partial charge in [0.15, 0.2) is 11.6 Å². The van der Waals surface area contributed by atoms with Crippen molar-refractivity contribution in [3.8, 4) is 0 Å². The molecule has 2 aromatic rings. The summed E-state index contributed by atoms with van der Waals surface area (Å²) in [5.41, 5.74) is -0.742. The molecule has 7 heteroatoms. The second-order valence-electron chi connectivity index (χ2n) is 3.65. The topological polar surface area (TPSA) is 49.3 Å². The van der Waals surface area contributed by atoms with Gasteiger partial charge >= 0.3 is 5.97 Å². The van der Waals surface area contributed by atoms with Crippen LogP contribution in [0.5, 0.6) is 0 Å². The minimum atomic E-state index is -1.50. The van der Waals surface area contributed by atoms with E-state index in [-0.39, 0.29) is 5.69 Å². The normalized spacial score (nSPS) is 10.5. The third-order valence-corrected chi connectivity index (χ3v) is 4.02. The maximum absolute atomic E-state index is 13.6. The molecule has 0 unspecified atom stereocenters. The van der Waals surface area contributed by atoms with Gasteiger partial charge in [-0.1, -0.05) is 0 Å². The lowest BCUT2D eigenvalue weighted by molar-refractivity contribution is 0.0690. The van der Waals surface area contributed by atoms with Crippen molar-refractivity contribution in [1.29, 1.82) is 0 Å². The lowest BCUT2D eigenvalue weighted by atomic mass is 10.2. The van der Waals surface area contributed by atoms with Crippen LogP contribution in [0.3, 0.4) is 0 Å². The molecule has 2 N–H and O–H groups in total. The molecule has 19 heavy (non-hydrogen) atoms. The maximum Gasteiger partial charge on any atom is 0.338 e. The van der Waals surface area contributed by atoms with Crippen LogP contribution in [-0.4, -0.2) is 11.1 Å². The van der Waals surface area contributed by atoms with E-state index in [0.29, 0.717) is 6.54 Å². The van der Waals surface area contributed by atoms with Crippen LogP contribution >= 0.6 is 27.3 Å². The third-order valence-electron chi connectivity index (χ3n) is 2.39. The first kappa shape index (κ1) is 14.0. The van der Waals surface area contributed by atoms with Crippen LogP contribution in [0.15, 0.2) is 28.1 Å². The largest absolute Gasteiger partial charge is 0.478 e. The molecule has 0 fully saturated rings. The average Bonchev–Trinajstić information content (AvgIpc) is 2.76. The molecule has 0 atom stereocenters. The predicted octanol–water partition coefficient (Wildman–Crippen LogP) is 4.10. The number of aromatic carboxylic acids is 1. The molecule has 0 saturated carbocycles. The number of halogens is 3. The van der Waals surface area contributed by atoms with Gasteiger partial charge in [0.25, 0.3) is 0 Å². The van der Waals surface area contributed by atoms with Crippen molar-refractivity contribution in [2.45, 2.75) is 6.54 Å². The van der Waals surface area contributed by atoms with Crippen molar-refractivity contribution in [3.63, 3.8) is 0 Å². The van der Waals surface area contributed by atoms with E-state index in [2.05, 4.69) is 21.2 Å². The van der Waals surface area contributed by atoms with Crippen molar-refractivity contribution >= 4 is 38.9 Å². The molecule has 0 spiro atoms. The second-order valence-corrected chi connectivity index (χ2v) is 6.20. The number of carboxylic acid groups (broad SMARTS) is 1. The molecule has 0 amide bonds. The van der Waals surface area contributed by atoms with Crippen molar-refractivity contribution in [1.82, 2.24) is 0 Å². The van der Waals surface area contributed by atoms with Crippen LogP contribution in [0.2, 0.25) is 0 Å². The summed E-state index contributed by atoms with van der Waals surface area (Å²) in [4.78, 5) is 11.6. The van der Waals surface area contributed by atoms with E-state index in [4.69, 9.17) is 5.11 Å². The number of rotatable bonds is 4. The Morgan fingerprint density at radius 1 is 1.26 bits per heavy atom. The second kappa shape index (κ2) is 5.66. The van der Waals surface area contributed by atoms with E-state index in [0.717, 1.165) is 14.7 Å². The van der Waals surface area contributed by atoms with Gasteiger partial charge < -0.3 is 10.4 Å². The van der Waals surface area contributed by atoms with E-state index in [1.54, 1.807) is 0 Å². The van der Waals surface area contributed by atoms with Gasteiger partial charge in [0.05, 0.1) is 15.0 Å². The average molecular weight is 348 g/mol. The zero-order chi connectivity index (χ0) is 14.0. The van der Waals surface area contributed by atoms with Gasteiger partial charge in [-0.3, -0.25) is 0 Å². The fourth-order valence-electron chi connectivity index (χ4n) is 1.48. The smallest absolute Gasteiger partial charge is 0.338 e. The Morgan fingerprint density at radius 3 is 2.58 bits per heavy atom. The molecule has 0 saturated heterocycles. The zero-order valence-electron chi connectivity index (χ0n) is 9.41. The summed E-state index contributed by atoms with van der Waals surface area (Å²) in [6.07, 6.45) is 0. The summed E-state index contributed by atoms with van der Waals surface area (Å²) in [5.74, 6) is -4.04. The van der Waals surface area contributed by atoms with E-state index in [1.165, 1.54) is 17.4 Å². The zero-order valence-corrected chi connectivity index (χ0v) is 11.8. The van der Waals surface area contributed by atoms with Crippen LogP contribution in [-0.2, 0) is 6.54 Å². The summed E-state index contributed by atoms with van der Waals surface area (Å²) < 4.78 is 28.0. The number of nitrogens with one attached hydrogen (secondary N) is 1. The Morgan fingerprint density at radius 2 is 2.00 bits per heavy atom. The molecule has 2 rings (SSSR count). The molecular formula is C12H8BrF2NO2S. The van der Waals surface area contributed by atoms with Gasteiger partial charge in [-0.25, -0.2) is 13.6 Å². The lowest BCUT2D eigenvalue weighted by Gasteiger charge is -2.08. The fraction of sp³-hybridized carbons (Fsp3) is 0.0833. The van der Waals surface area contributed by atoms with E-state index in [1.807, 2.05) is 12.1 Å². The molecule has 0 radical (unpaired) electrons. The SMILES string of the molecule is O=C(O)c1ccc(NCc2ccc(Br)s2)c(F)c1F. The summed E-state index contributed by atoms with van der Waals surface area (Å²) >= 11 is 4.77. The number of thiophene rings is 1. The highest BCUT2D eigenvalue weighted by atomic mass is 79.9. The van der Waals surface area contributed by atoms with Gasteiger partial charge in [-0.2, -0.15) is 0 Å². The van der Waals surface area contributed by atoms with Crippen LogP contribution in [0, 0.1) is 11.6 Å². The highest BCUT2D eigenvalue weighted by molar-refractivity contribution is 9.11. The molecule has 3 nitrogen and oxygen atoms in total. The van der Waals surface area contributed by atoms with Crippen molar-refractivity contribution in [3.05, 3.63) is 50.1 Å². The van der Waals surface area contributed by atoms with Crippen LogP contribution < -0.4 is 5.32 Å². The summed E-state index contributed by atoms with van der Waals surface area (Å²) in [7, 11) is 0. The van der Waals surface area contributed by atoms with Gasteiger partial charge in [0.1, 0.15) is 0 Å². The molecule has 0 aliphatic rings. The molecule has 1 heterocycles. The molecule has 1 aromatic heterocycles. The van der Waals surface area contributed by atoms with Gasteiger partial charge in [0.2, 0.25) is 0 Å². The number of benzene rings is 1. The van der Waals surface area contributed by atoms with Crippen molar-refractivity contribution in [2.75, 3.05) is 5.32 Å². The van der Waals surface area contributed by atoms with E-state index >= 15 is 0 Å².